The summed E-state index contributed by atoms with van der Waals surface area (Å²) in [5.74, 6) is 0.795. The van der Waals surface area contributed by atoms with Crippen LogP contribution in [0.5, 0.6) is 5.75 Å². The number of rotatable bonds is 6. The van der Waals surface area contributed by atoms with Crippen molar-refractivity contribution < 1.29 is 9.53 Å². The van der Waals surface area contributed by atoms with E-state index < -0.39 is 0 Å². The molecule has 1 unspecified atom stereocenters. The molecule has 1 atom stereocenters. The quantitative estimate of drug-likeness (QED) is 0.693. The molecule has 0 aliphatic carbocycles. The molecule has 0 spiro atoms. The number of hydrogen-bond acceptors (Lipinski definition) is 4. The van der Waals surface area contributed by atoms with Crippen LogP contribution in [0, 0.1) is 0 Å². The number of carbonyl (C=O) groups excluding carboxylic acids is 1. The summed E-state index contributed by atoms with van der Waals surface area (Å²) in [7, 11) is 1.64. The van der Waals surface area contributed by atoms with Gasteiger partial charge in [0.1, 0.15) is 17.8 Å². The van der Waals surface area contributed by atoms with Gasteiger partial charge in [-0.2, -0.15) is 0 Å². The third kappa shape index (κ3) is 3.47. The average Bonchev–Trinajstić information content (AvgIpc) is 3.05. The number of methoxy groups -OCH3 is 1. The van der Waals surface area contributed by atoms with E-state index in [0.29, 0.717) is 6.54 Å². The summed E-state index contributed by atoms with van der Waals surface area (Å²) < 4.78 is 6.94. The molecule has 1 heterocycles. The molecule has 0 saturated heterocycles. The monoisotopic (exact) mass is 338 g/mol. The number of likely N-dealkylation sites (N-methyl/N-ethyl adjacent to an activating group) is 1. The van der Waals surface area contributed by atoms with E-state index in [9.17, 15) is 4.79 Å². The third-order valence-electron chi connectivity index (χ3n) is 4.41. The van der Waals surface area contributed by atoms with E-state index in [4.69, 9.17) is 4.74 Å². The van der Waals surface area contributed by atoms with Crippen molar-refractivity contribution in [3.05, 3.63) is 54.1 Å². The lowest BCUT2D eigenvalue weighted by Crippen LogP contribution is -2.36. The van der Waals surface area contributed by atoms with Gasteiger partial charge < -0.3 is 9.64 Å². The SMILES string of the molecule is CCN(C(=O)Cn1nnc2ccccc21)C(C)c1cccc(OC)c1. The van der Waals surface area contributed by atoms with Gasteiger partial charge in [-0.05, 0) is 43.7 Å². The van der Waals surface area contributed by atoms with Gasteiger partial charge in [-0.3, -0.25) is 4.79 Å². The first kappa shape index (κ1) is 17.0. The van der Waals surface area contributed by atoms with E-state index in [-0.39, 0.29) is 18.5 Å². The normalized spacial score (nSPS) is 12.1. The zero-order valence-electron chi connectivity index (χ0n) is 14.7. The summed E-state index contributed by atoms with van der Waals surface area (Å²) >= 11 is 0. The maximum Gasteiger partial charge on any atom is 0.244 e. The number of fused-ring (bicyclic) bond motifs is 1. The van der Waals surface area contributed by atoms with Crippen molar-refractivity contribution in [3.8, 4) is 5.75 Å². The van der Waals surface area contributed by atoms with Gasteiger partial charge >= 0.3 is 0 Å². The second-order valence-corrected chi connectivity index (χ2v) is 5.87. The first-order chi connectivity index (χ1) is 12.1. The Morgan fingerprint density at radius 3 is 2.80 bits per heavy atom. The van der Waals surface area contributed by atoms with Gasteiger partial charge in [-0.1, -0.05) is 29.5 Å². The molecular weight excluding hydrogens is 316 g/mol. The van der Waals surface area contributed by atoms with Crippen LogP contribution in [0.1, 0.15) is 25.5 Å². The molecule has 0 aliphatic rings. The molecule has 0 fully saturated rings. The standard InChI is InChI=1S/C19H22N4O2/c1-4-22(14(2)15-8-7-9-16(12-15)25-3)19(24)13-23-18-11-6-5-10-17(18)20-21-23/h5-12,14H,4,13H2,1-3H3. The maximum atomic E-state index is 12.9. The number of ether oxygens (including phenoxy) is 1. The lowest BCUT2D eigenvalue weighted by molar-refractivity contribution is -0.133. The molecule has 1 amide bonds. The van der Waals surface area contributed by atoms with Crippen molar-refractivity contribution in [2.24, 2.45) is 0 Å². The fourth-order valence-corrected chi connectivity index (χ4v) is 3.00. The van der Waals surface area contributed by atoms with E-state index in [0.717, 1.165) is 22.3 Å². The van der Waals surface area contributed by atoms with Crippen LogP contribution in [0.3, 0.4) is 0 Å². The predicted octanol–water partition coefficient (Wildman–Crippen LogP) is 3.05. The molecule has 0 bridgehead atoms. The number of hydrogen-bond donors (Lipinski definition) is 0. The van der Waals surface area contributed by atoms with Crippen molar-refractivity contribution in [2.75, 3.05) is 13.7 Å². The molecule has 0 aliphatic heterocycles. The van der Waals surface area contributed by atoms with Gasteiger partial charge in [0.05, 0.1) is 18.7 Å². The summed E-state index contributed by atoms with van der Waals surface area (Å²) in [5, 5.41) is 8.22. The topological polar surface area (TPSA) is 60.2 Å². The number of amides is 1. The minimum absolute atomic E-state index is 0.00785. The van der Waals surface area contributed by atoms with E-state index >= 15 is 0 Å². The molecule has 130 valence electrons. The smallest absolute Gasteiger partial charge is 0.244 e. The van der Waals surface area contributed by atoms with Crippen molar-refractivity contribution in [3.63, 3.8) is 0 Å². The molecule has 6 heteroatoms. The Labute approximate surface area is 147 Å². The van der Waals surface area contributed by atoms with E-state index in [1.54, 1.807) is 11.8 Å². The van der Waals surface area contributed by atoms with Crippen LogP contribution in [0.2, 0.25) is 0 Å². The first-order valence-electron chi connectivity index (χ1n) is 8.35. The van der Waals surface area contributed by atoms with Crippen LogP contribution in [-0.2, 0) is 11.3 Å². The number of carbonyl (C=O) groups is 1. The van der Waals surface area contributed by atoms with E-state index in [2.05, 4.69) is 10.3 Å². The Balaban J connectivity index is 1.80. The fourth-order valence-electron chi connectivity index (χ4n) is 3.00. The lowest BCUT2D eigenvalue weighted by atomic mass is 10.1. The predicted molar refractivity (Wildman–Crippen MR) is 96.3 cm³/mol. The number of aromatic nitrogens is 3. The van der Waals surface area contributed by atoms with E-state index in [1.165, 1.54) is 0 Å². The van der Waals surface area contributed by atoms with Crippen LogP contribution >= 0.6 is 0 Å². The van der Waals surface area contributed by atoms with Gasteiger partial charge in [-0.15, -0.1) is 5.10 Å². The number of benzene rings is 2. The minimum Gasteiger partial charge on any atom is -0.497 e. The number of nitrogens with zero attached hydrogens (tertiary/aromatic N) is 4. The van der Waals surface area contributed by atoms with Crippen LogP contribution in [-0.4, -0.2) is 39.5 Å². The highest BCUT2D eigenvalue weighted by Gasteiger charge is 2.21. The molecule has 3 rings (SSSR count). The number of para-hydroxylation sites is 1. The van der Waals surface area contributed by atoms with Gasteiger partial charge in [0.25, 0.3) is 0 Å². The molecule has 2 aromatic carbocycles. The van der Waals surface area contributed by atoms with Gasteiger partial charge in [0, 0.05) is 6.54 Å². The summed E-state index contributed by atoms with van der Waals surface area (Å²) in [4.78, 5) is 14.7. The summed E-state index contributed by atoms with van der Waals surface area (Å²) in [6.07, 6.45) is 0. The van der Waals surface area contributed by atoms with Gasteiger partial charge in [0.2, 0.25) is 5.91 Å². The highest BCUT2D eigenvalue weighted by Crippen LogP contribution is 2.24. The Morgan fingerprint density at radius 1 is 1.24 bits per heavy atom. The molecular formula is C19H22N4O2. The average molecular weight is 338 g/mol. The zero-order chi connectivity index (χ0) is 17.8. The first-order valence-corrected chi connectivity index (χ1v) is 8.35. The molecule has 25 heavy (non-hydrogen) atoms. The molecule has 0 saturated carbocycles. The van der Waals surface area contributed by atoms with Crippen molar-refractivity contribution in [2.45, 2.75) is 26.4 Å². The minimum atomic E-state index is -0.0533. The van der Waals surface area contributed by atoms with Crippen molar-refractivity contribution >= 4 is 16.9 Å². The Kier molecular flexibility index (Phi) is 4.97. The Bertz CT molecular complexity index is 874. The fraction of sp³-hybridized carbons (Fsp3) is 0.316. The van der Waals surface area contributed by atoms with Crippen LogP contribution < -0.4 is 4.74 Å². The summed E-state index contributed by atoms with van der Waals surface area (Å²) in [6.45, 7) is 4.79. The maximum absolute atomic E-state index is 12.9. The van der Waals surface area contributed by atoms with Crippen LogP contribution in [0.4, 0.5) is 0 Å². The zero-order valence-corrected chi connectivity index (χ0v) is 14.7. The van der Waals surface area contributed by atoms with Crippen LogP contribution in [0.25, 0.3) is 11.0 Å². The highest BCUT2D eigenvalue weighted by atomic mass is 16.5. The van der Waals surface area contributed by atoms with Gasteiger partial charge in [0.15, 0.2) is 0 Å². The van der Waals surface area contributed by atoms with Crippen molar-refractivity contribution in [1.29, 1.82) is 0 Å². The van der Waals surface area contributed by atoms with E-state index in [1.807, 2.05) is 67.3 Å². The molecule has 1 aromatic heterocycles. The second kappa shape index (κ2) is 7.34. The Morgan fingerprint density at radius 2 is 2.04 bits per heavy atom. The van der Waals surface area contributed by atoms with Gasteiger partial charge in [-0.25, -0.2) is 4.68 Å². The largest absolute Gasteiger partial charge is 0.497 e. The highest BCUT2D eigenvalue weighted by molar-refractivity contribution is 5.80. The Hall–Kier alpha value is -2.89. The summed E-state index contributed by atoms with van der Waals surface area (Å²) in [6, 6.07) is 15.4. The summed E-state index contributed by atoms with van der Waals surface area (Å²) in [5.41, 5.74) is 2.69. The lowest BCUT2D eigenvalue weighted by Gasteiger charge is -2.28. The molecule has 6 nitrogen and oxygen atoms in total. The molecule has 3 aromatic rings. The molecule has 0 N–H and O–H groups in total. The van der Waals surface area contributed by atoms with Crippen molar-refractivity contribution in [1.82, 2.24) is 19.9 Å². The third-order valence-corrected chi connectivity index (χ3v) is 4.41. The second-order valence-electron chi connectivity index (χ2n) is 5.87. The van der Waals surface area contributed by atoms with Crippen LogP contribution in [0.15, 0.2) is 48.5 Å². The molecule has 0 radical (unpaired) electrons.